The molecule has 1 heterocycles. The lowest BCUT2D eigenvalue weighted by Crippen LogP contribution is -2.23. The summed E-state index contributed by atoms with van der Waals surface area (Å²) in [4.78, 5) is 30.8. The Bertz CT molecular complexity index is 933. The van der Waals surface area contributed by atoms with Gasteiger partial charge in [-0.05, 0) is 25.1 Å². The van der Waals surface area contributed by atoms with Crippen molar-refractivity contribution in [3.63, 3.8) is 0 Å². The maximum atomic E-state index is 12.6. The number of para-hydroxylation sites is 2. The first-order valence-corrected chi connectivity index (χ1v) is 7.87. The van der Waals surface area contributed by atoms with Gasteiger partial charge in [-0.3, -0.25) is 9.59 Å². The fourth-order valence-electron chi connectivity index (χ4n) is 2.55. The maximum Gasteiger partial charge on any atom is 0.284 e. The number of benzene rings is 2. The molecule has 0 fully saturated rings. The number of ether oxygens (including phenoxy) is 1. The van der Waals surface area contributed by atoms with Crippen LogP contribution >= 0.6 is 0 Å². The zero-order valence-corrected chi connectivity index (χ0v) is 13.7. The Kier molecular flexibility index (Phi) is 4.65. The molecule has 0 aliphatic rings. The largest absolute Gasteiger partial charge is 0.494 e. The summed E-state index contributed by atoms with van der Waals surface area (Å²) in [6.07, 6.45) is 0. The summed E-state index contributed by atoms with van der Waals surface area (Å²) in [6.45, 7) is 2.77. The molecule has 3 aromatic rings. The van der Waals surface area contributed by atoms with E-state index in [0.717, 1.165) is 11.3 Å². The number of fused-ring (bicyclic) bond motifs is 1. The average Bonchev–Trinajstić information content (AvgIpc) is 3.05. The molecule has 2 aromatic carbocycles. The number of aromatic amines is 1. The highest BCUT2D eigenvalue weighted by atomic mass is 16.5. The average molecular weight is 338 g/mol. The number of aromatic nitrogens is 2. The first-order valence-electron chi connectivity index (χ1n) is 7.87. The SMILES string of the molecule is CCOc1ccccc1CNC(=O)c1cccc2[nH]c(C(N)=O)nc12. The summed E-state index contributed by atoms with van der Waals surface area (Å²) in [7, 11) is 0. The van der Waals surface area contributed by atoms with Crippen molar-refractivity contribution in [1.29, 1.82) is 0 Å². The van der Waals surface area contributed by atoms with Gasteiger partial charge in [0.25, 0.3) is 11.8 Å². The molecule has 7 nitrogen and oxygen atoms in total. The van der Waals surface area contributed by atoms with Crippen LogP contribution in [-0.4, -0.2) is 28.4 Å². The number of carbonyl (C=O) groups excluding carboxylic acids is 2. The second-order valence-electron chi connectivity index (χ2n) is 5.37. The van der Waals surface area contributed by atoms with Crippen LogP contribution in [0.25, 0.3) is 11.0 Å². The molecular weight excluding hydrogens is 320 g/mol. The highest BCUT2D eigenvalue weighted by Gasteiger charge is 2.15. The smallest absolute Gasteiger partial charge is 0.284 e. The summed E-state index contributed by atoms with van der Waals surface area (Å²) >= 11 is 0. The van der Waals surface area contributed by atoms with Gasteiger partial charge in [0.15, 0.2) is 5.82 Å². The maximum absolute atomic E-state index is 12.6. The molecule has 0 radical (unpaired) electrons. The number of rotatable bonds is 6. The molecular formula is C18H18N4O3. The van der Waals surface area contributed by atoms with E-state index in [1.165, 1.54) is 0 Å². The van der Waals surface area contributed by atoms with Crippen molar-refractivity contribution in [3.8, 4) is 5.75 Å². The Morgan fingerprint density at radius 2 is 2.00 bits per heavy atom. The van der Waals surface area contributed by atoms with Gasteiger partial charge >= 0.3 is 0 Å². The van der Waals surface area contributed by atoms with Gasteiger partial charge in [0.2, 0.25) is 0 Å². The van der Waals surface area contributed by atoms with Crippen molar-refractivity contribution in [1.82, 2.24) is 15.3 Å². The second kappa shape index (κ2) is 7.04. The number of H-pyrrole nitrogens is 1. The Labute approximate surface area is 144 Å². The quantitative estimate of drug-likeness (QED) is 0.638. The van der Waals surface area contributed by atoms with Crippen molar-refractivity contribution >= 4 is 22.8 Å². The Hall–Kier alpha value is -3.35. The molecule has 0 bridgehead atoms. The lowest BCUT2D eigenvalue weighted by Gasteiger charge is -2.11. The molecule has 0 spiro atoms. The summed E-state index contributed by atoms with van der Waals surface area (Å²) in [6, 6.07) is 12.6. The zero-order valence-electron chi connectivity index (χ0n) is 13.7. The Morgan fingerprint density at radius 1 is 1.20 bits per heavy atom. The monoisotopic (exact) mass is 338 g/mol. The number of nitrogens with two attached hydrogens (primary N) is 1. The van der Waals surface area contributed by atoms with E-state index in [-0.39, 0.29) is 11.7 Å². The molecule has 2 amide bonds. The first-order chi connectivity index (χ1) is 12.1. The van der Waals surface area contributed by atoms with E-state index in [9.17, 15) is 9.59 Å². The van der Waals surface area contributed by atoms with Crippen LogP contribution in [0.3, 0.4) is 0 Å². The number of amides is 2. The van der Waals surface area contributed by atoms with E-state index in [2.05, 4.69) is 15.3 Å². The van der Waals surface area contributed by atoms with Gasteiger partial charge in [-0.25, -0.2) is 4.98 Å². The summed E-state index contributed by atoms with van der Waals surface area (Å²) in [5, 5.41) is 2.86. The molecule has 3 rings (SSSR count). The van der Waals surface area contributed by atoms with Gasteiger partial charge in [-0.1, -0.05) is 24.3 Å². The van der Waals surface area contributed by atoms with Crippen LogP contribution in [0.15, 0.2) is 42.5 Å². The normalized spacial score (nSPS) is 10.6. The van der Waals surface area contributed by atoms with Gasteiger partial charge in [-0.15, -0.1) is 0 Å². The van der Waals surface area contributed by atoms with Crippen LogP contribution in [0, 0.1) is 0 Å². The summed E-state index contributed by atoms with van der Waals surface area (Å²) in [5.41, 5.74) is 7.48. The first kappa shape index (κ1) is 16.5. The van der Waals surface area contributed by atoms with Crippen molar-refractivity contribution < 1.29 is 14.3 Å². The summed E-state index contributed by atoms with van der Waals surface area (Å²) < 4.78 is 5.55. The van der Waals surface area contributed by atoms with Crippen molar-refractivity contribution in [2.75, 3.05) is 6.61 Å². The molecule has 0 atom stereocenters. The third-order valence-electron chi connectivity index (χ3n) is 3.70. The van der Waals surface area contributed by atoms with E-state index in [0.29, 0.717) is 29.7 Å². The third kappa shape index (κ3) is 3.45. The van der Waals surface area contributed by atoms with E-state index < -0.39 is 5.91 Å². The van der Waals surface area contributed by atoms with Crippen molar-refractivity contribution in [3.05, 3.63) is 59.4 Å². The van der Waals surface area contributed by atoms with Crippen molar-refractivity contribution in [2.45, 2.75) is 13.5 Å². The number of primary amides is 1. The highest BCUT2D eigenvalue weighted by Crippen LogP contribution is 2.19. The molecule has 0 saturated carbocycles. The fourth-order valence-corrected chi connectivity index (χ4v) is 2.55. The molecule has 128 valence electrons. The zero-order chi connectivity index (χ0) is 17.8. The lowest BCUT2D eigenvalue weighted by atomic mass is 10.1. The third-order valence-corrected chi connectivity index (χ3v) is 3.70. The predicted molar refractivity (Wildman–Crippen MR) is 93.4 cm³/mol. The van der Waals surface area contributed by atoms with E-state index in [1.807, 2.05) is 31.2 Å². The lowest BCUT2D eigenvalue weighted by molar-refractivity contribution is 0.0949. The number of nitrogens with one attached hydrogen (secondary N) is 2. The van der Waals surface area contributed by atoms with Gasteiger partial charge in [0.1, 0.15) is 11.3 Å². The molecule has 7 heteroatoms. The fraction of sp³-hybridized carbons (Fsp3) is 0.167. The molecule has 0 aliphatic carbocycles. The second-order valence-corrected chi connectivity index (χ2v) is 5.37. The van der Waals surface area contributed by atoms with Crippen LogP contribution < -0.4 is 15.8 Å². The summed E-state index contributed by atoms with van der Waals surface area (Å²) in [5.74, 6) is -0.205. The minimum Gasteiger partial charge on any atom is -0.494 e. The standard InChI is InChI=1S/C18H18N4O3/c1-2-25-14-9-4-3-6-11(14)10-20-18(24)12-7-5-8-13-15(12)22-17(21-13)16(19)23/h3-9H,2,10H2,1H3,(H2,19,23)(H,20,24)(H,21,22). The molecule has 0 unspecified atom stereocenters. The van der Waals surface area contributed by atoms with Crippen LogP contribution in [-0.2, 0) is 6.54 Å². The molecule has 0 aliphatic heterocycles. The number of hydrogen-bond acceptors (Lipinski definition) is 4. The number of nitrogens with zero attached hydrogens (tertiary/aromatic N) is 1. The highest BCUT2D eigenvalue weighted by molar-refractivity contribution is 6.06. The minimum absolute atomic E-state index is 0.0249. The predicted octanol–water partition coefficient (Wildman–Crippen LogP) is 1.99. The van der Waals surface area contributed by atoms with Gasteiger partial charge in [-0.2, -0.15) is 0 Å². The van der Waals surface area contributed by atoms with Crippen LogP contribution in [0.4, 0.5) is 0 Å². The topological polar surface area (TPSA) is 110 Å². The minimum atomic E-state index is -0.673. The number of hydrogen-bond donors (Lipinski definition) is 3. The van der Waals surface area contributed by atoms with Crippen LogP contribution in [0.2, 0.25) is 0 Å². The Balaban J connectivity index is 1.82. The molecule has 4 N–H and O–H groups in total. The Morgan fingerprint density at radius 3 is 2.76 bits per heavy atom. The van der Waals surface area contributed by atoms with E-state index in [4.69, 9.17) is 10.5 Å². The van der Waals surface area contributed by atoms with E-state index in [1.54, 1.807) is 18.2 Å². The molecule has 0 saturated heterocycles. The van der Waals surface area contributed by atoms with Crippen LogP contribution in [0.5, 0.6) is 5.75 Å². The van der Waals surface area contributed by atoms with Gasteiger partial charge in [0.05, 0.1) is 17.7 Å². The number of carbonyl (C=O) groups is 2. The van der Waals surface area contributed by atoms with Gasteiger partial charge in [0, 0.05) is 12.1 Å². The number of imidazole rings is 1. The van der Waals surface area contributed by atoms with Gasteiger partial charge < -0.3 is 20.8 Å². The van der Waals surface area contributed by atoms with Crippen LogP contribution in [0.1, 0.15) is 33.5 Å². The van der Waals surface area contributed by atoms with E-state index >= 15 is 0 Å². The van der Waals surface area contributed by atoms with Crippen molar-refractivity contribution in [2.24, 2.45) is 5.73 Å². The molecule has 25 heavy (non-hydrogen) atoms. The molecule has 1 aromatic heterocycles.